The largest absolute Gasteiger partial charge is 0.380 e. The van der Waals surface area contributed by atoms with Gasteiger partial charge in [-0.2, -0.15) is 0 Å². The van der Waals surface area contributed by atoms with Crippen molar-refractivity contribution in [2.24, 2.45) is 11.3 Å². The summed E-state index contributed by atoms with van der Waals surface area (Å²) in [5.41, 5.74) is -0.279. The second kappa shape index (κ2) is 3.76. The Morgan fingerprint density at radius 2 is 2.33 bits per heavy atom. The molecule has 4 heteroatoms. The summed E-state index contributed by atoms with van der Waals surface area (Å²) in [6, 6.07) is 0.207. The zero-order chi connectivity index (χ0) is 11.1. The van der Waals surface area contributed by atoms with Crippen molar-refractivity contribution in [1.29, 1.82) is 0 Å². The minimum Gasteiger partial charge on any atom is -0.380 e. The number of nitrogens with one attached hydrogen (secondary N) is 1. The van der Waals surface area contributed by atoms with Crippen molar-refractivity contribution in [2.75, 3.05) is 33.4 Å². The molecule has 86 valence electrons. The predicted molar refractivity (Wildman–Crippen MR) is 57.5 cm³/mol. The van der Waals surface area contributed by atoms with E-state index < -0.39 is 0 Å². The molecule has 0 unspecified atom stereocenters. The highest BCUT2D eigenvalue weighted by atomic mass is 16.5. The van der Waals surface area contributed by atoms with Crippen LogP contribution >= 0.6 is 0 Å². The quantitative estimate of drug-likeness (QED) is 0.705. The van der Waals surface area contributed by atoms with Crippen molar-refractivity contribution in [3.05, 3.63) is 0 Å². The van der Waals surface area contributed by atoms with Gasteiger partial charge in [-0.15, -0.1) is 0 Å². The van der Waals surface area contributed by atoms with Gasteiger partial charge in [0.25, 0.3) is 0 Å². The molecule has 0 saturated carbocycles. The van der Waals surface area contributed by atoms with Gasteiger partial charge in [0.15, 0.2) is 0 Å². The Bertz CT molecular complexity index is 267. The van der Waals surface area contributed by atoms with Gasteiger partial charge in [0.05, 0.1) is 18.6 Å². The molecule has 4 nitrogen and oxygen atoms in total. The molecule has 0 bridgehead atoms. The number of nitrogens with zero attached hydrogens (tertiary/aromatic N) is 1. The standard InChI is InChI=1S/C11H20N2O2/c1-8(2)12-10(14)11-6-13(3)4-9(11)5-15-7-11/h8-9H,4-7H2,1-3H3,(H,12,14)/t9-,11-/m1/s1. The molecule has 0 aliphatic carbocycles. The number of carbonyl (C=O) groups is 1. The summed E-state index contributed by atoms with van der Waals surface area (Å²) < 4.78 is 5.48. The SMILES string of the molecule is CC(C)NC(=O)[C@]12COC[C@H]1CN(C)C2. The van der Waals surface area contributed by atoms with E-state index in [0.29, 0.717) is 12.5 Å². The van der Waals surface area contributed by atoms with Gasteiger partial charge in [-0.05, 0) is 20.9 Å². The van der Waals surface area contributed by atoms with Crippen molar-refractivity contribution in [3.63, 3.8) is 0 Å². The minimum absolute atomic E-state index is 0.171. The summed E-state index contributed by atoms with van der Waals surface area (Å²) in [5, 5.41) is 3.02. The molecule has 2 saturated heterocycles. The third-order valence-corrected chi connectivity index (χ3v) is 3.42. The molecule has 2 atom stereocenters. The maximum Gasteiger partial charge on any atom is 0.230 e. The first kappa shape index (κ1) is 10.9. The van der Waals surface area contributed by atoms with Gasteiger partial charge in [0.2, 0.25) is 5.91 Å². The molecule has 1 N–H and O–H groups in total. The molecular formula is C11H20N2O2. The van der Waals surface area contributed by atoms with Crippen LogP contribution in [0.15, 0.2) is 0 Å². The zero-order valence-electron chi connectivity index (χ0n) is 9.75. The summed E-state index contributed by atoms with van der Waals surface area (Å²) in [7, 11) is 2.07. The van der Waals surface area contributed by atoms with Crippen LogP contribution in [0.3, 0.4) is 0 Å². The first-order chi connectivity index (χ1) is 7.04. The maximum absolute atomic E-state index is 12.2. The van der Waals surface area contributed by atoms with E-state index in [1.165, 1.54) is 0 Å². The van der Waals surface area contributed by atoms with E-state index >= 15 is 0 Å². The fourth-order valence-electron chi connectivity index (χ4n) is 2.71. The van der Waals surface area contributed by atoms with Gasteiger partial charge in [0.1, 0.15) is 0 Å². The lowest BCUT2D eigenvalue weighted by atomic mass is 9.80. The Labute approximate surface area is 91.0 Å². The third-order valence-electron chi connectivity index (χ3n) is 3.42. The highest BCUT2D eigenvalue weighted by molar-refractivity contribution is 5.84. The summed E-state index contributed by atoms with van der Waals surface area (Å²) in [5.74, 6) is 0.547. The number of fused-ring (bicyclic) bond motifs is 1. The van der Waals surface area contributed by atoms with Crippen LogP contribution in [0.2, 0.25) is 0 Å². The van der Waals surface area contributed by atoms with Crippen LogP contribution in [0.1, 0.15) is 13.8 Å². The number of hydrogen-bond acceptors (Lipinski definition) is 3. The van der Waals surface area contributed by atoms with Crippen molar-refractivity contribution in [1.82, 2.24) is 10.2 Å². The zero-order valence-corrected chi connectivity index (χ0v) is 9.75. The lowest BCUT2D eigenvalue weighted by Gasteiger charge is -2.26. The molecular weight excluding hydrogens is 192 g/mol. The molecule has 15 heavy (non-hydrogen) atoms. The van der Waals surface area contributed by atoms with Crippen LogP contribution in [0.5, 0.6) is 0 Å². The van der Waals surface area contributed by atoms with Crippen LogP contribution in [0.4, 0.5) is 0 Å². The number of amides is 1. The number of carbonyl (C=O) groups excluding carboxylic acids is 1. The van der Waals surface area contributed by atoms with Crippen molar-refractivity contribution in [3.8, 4) is 0 Å². The van der Waals surface area contributed by atoms with Crippen molar-refractivity contribution >= 4 is 5.91 Å². The van der Waals surface area contributed by atoms with Gasteiger partial charge in [-0.1, -0.05) is 0 Å². The summed E-state index contributed by atoms with van der Waals surface area (Å²) >= 11 is 0. The van der Waals surface area contributed by atoms with Gasteiger partial charge >= 0.3 is 0 Å². The van der Waals surface area contributed by atoms with E-state index in [4.69, 9.17) is 4.74 Å². The number of ether oxygens (including phenoxy) is 1. The van der Waals surface area contributed by atoms with Crippen LogP contribution in [0.25, 0.3) is 0 Å². The Morgan fingerprint density at radius 3 is 3.00 bits per heavy atom. The molecule has 2 aliphatic heterocycles. The average Bonchev–Trinajstić information content (AvgIpc) is 2.58. The van der Waals surface area contributed by atoms with Gasteiger partial charge in [-0.3, -0.25) is 4.79 Å². The Kier molecular flexibility index (Phi) is 2.73. The van der Waals surface area contributed by atoms with E-state index in [9.17, 15) is 4.79 Å². The van der Waals surface area contributed by atoms with E-state index in [0.717, 1.165) is 19.7 Å². The summed E-state index contributed by atoms with van der Waals surface area (Å²) in [6.07, 6.45) is 0. The Hall–Kier alpha value is -0.610. The lowest BCUT2D eigenvalue weighted by molar-refractivity contribution is -0.132. The number of hydrogen-bond donors (Lipinski definition) is 1. The molecule has 2 heterocycles. The molecule has 2 fully saturated rings. The monoisotopic (exact) mass is 212 g/mol. The number of rotatable bonds is 2. The van der Waals surface area contributed by atoms with Gasteiger partial charge < -0.3 is 15.0 Å². The van der Waals surface area contributed by atoms with Crippen LogP contribution in [-0.2, 0) is 9.53 Å². The van der Waals surface area contributed by atoms with Gasteiger partial charge in [-0.25, -0.2) is 0 Å². The average molecular weight is 212 g/mol. The van der Waals surface area contributed by atoms with E-state index in [2.05, 4.69) is 17.3 Å². The fourth-order valence-corrected chi connectivity index (χ4v) is 2.71. The Balaban J connectivity index is 2.13. The van der Waals surface area contributed by atoms with Crippen LogP contribution in [-0.4, -0.2) is 50.2 Å². The third kappa shape index (κ3) is 1.76. The molecule has 0 aromatic heterocycles. The van der Waals surface area contributed by atoms with E-state index in [1.807, 2.05) is 13.8 Å². The second-order valence-corrected chi connectivity index (χ2v) is 5.19. The second-order valence-electron chi connectivity index (χ2n) is 5.19. The molecule has 1 amide bonds. The molecule has 0 spiro atoms. The molecule has 0 radical (unpaired) electrons. The van der Waals surface area contributed by atoms with Gasteiger partial charge in [0, 0.05) is 25.0 Å². The first-order valence-corrected chi connectivity index (χ1v) is 5.62. The van der Waals surface area contributed by atoms with E-state index in [1.54, 1.807) is 0 Å². The molecule has 0 aromatic carbocycles. The Morgan fingerprint density at radius 1 is 1.60 bits per heavy atom. The predicted octanol–water partition coefficient (Wildman–Crippen LogP) is 0.0892. The minimum atomic E-state index is -0.279. The first-order valence-electron chi connectivity index (χ1n) is 5.62. The summed E-state index contributed by atoms with van der Waals surface area (Å²) in [4.78, 5) is 14.4. The molecule has 0 aromatic rings. The number of likely N-dealkylation sites (tertiary alicyclic amines) is 1. The molecule has 2 aliphatic rings. The maximum atomic E-state index is 12.2. The van der Waals surface area contributed by atoms with Crippen LogP contribution in [0, 0.1) is 11.3 Å². The van der Waals surface area contributed by atoms with E-state index in [-0.39, 0.29) is 17.4 Å². The van der Waals surface area contributed by atoms with Crippen molar-refractivity contribution in [2.45, 2.75) is 19.9 Å². The lowest BCUT2D eigenvalue weighted by Crippen LogP contribution is -2.48. The topological polar surface area (TPSA) is 41.6 Å². The van der Waals surface area contributed by atoms with Crippen molar-refractivity contribution < 1.29 is 9.53 Å². The normalized spacial score (nSPS) is 35.9. The fraction of sp³-hybridized carbons (Fsp3) is 0.909. The summed E-state index contributed by atoms with van der Waals surface area (Å²) in [6.45, 7) is 7.12. The van der Waals surface area contributed by atoms with Crippen LogP contribution < -0.4 is 5.32 Å². The molecule has 2 rings (SSSR count). The smallest absolute Gasteiger partial charge is 0.230 e. The highest BCUT2D eigenvalue weighted by Gasteiger charge is 2.54. The highest BCUT2D eigenvalue weighted by Crippen LogP contribution is 2.40.